The minimum Gasteiger partial charge on any atom is -0.342 e. The van der Waals surface area contributed by atoms with E-state index >= 15 is 0 Å². The van der Waals surface area contributed by atoms with Crippen LogP contribution in [-0.2, 0) is 0 Å². The van der Waals surface area contributed by atoms with Crippen molar-refractivity contribution in [3.05, 3.63) is 47.3 Å². The molecule has 0 atom stereocenters. The molecule has 0 fully saturated rings. The number of aliphatic imine (C=N–C) groups is 1. The zero-order chi connectivity index (χ0) is 11.7. The van der Waals surface area contributed by atoms with Crippen LogP contribution in [0.25, 0.3) is 6.58 Å². The average Bonchev–Trinajstić information content (AvgIpc) is 2.93. The van der Waals surface area contributed by atoms with E-state index in [1.54, 1.807) is 24.9 Å². The summed E-state index contributed by atoms with van der Waals surface area (Å²) in [5.41, 5.74) is 1.53. The van der Waals surface area contributed by atoms with E-state index in [9.17, 15) is 0 Å². The van der Waals surface area contributed by atoms with Gasteiger partial charge in [0.2, 0.25) is 0 Å². The fourth-order valence-electron chi connectivity index (χ4n) is 1.57. The molecule has 3 heterocycles. The van der Waals surface area contributed by atoms with Gasteiger partial charge in [-0.05, 0) is 11.3 Å². The van der Waals surface area contributed by atoms with Crippen LogP contribution in [0.15, 0.2) is 41.0 Å². The molecule has 1 aliphatic rings. The topological polar surface area (TPSA) is 85.0 Å². The fraction of sp³-hybridized carbons (Fsp3) is 0. The number of hydrogen-bond donors (Lipinski definition) is 3. The van der Waals surface area contributed by atoms with Gasteiger partial charge in [0.25, 0.3) is 0 Å². The summed E-state index contributed by atoms with van der Waals surface area (Å²) in [6, 6.07) is 1.84. The number of aromatic amines is 3. The minimum atomic E-state index is 0.613. The summed E-state index contributed by atoms with van der Waals surface area (Å²) in [5.74, 6) is 0.613. The van der Waals surface area contributed by atoms with E-state index in [0.29, 0.717) is 5.84 Å². The maximum absolute atomic E-state index is 4.44. The molecule has 2 aromatic rings. The molecule has 0 saturated carbocycles. The molecule has 0 unspecified atom stereocenters. The second-order valence-electron chi connectivity index (χ2n) is 3.54. The van der Waals surface area contributed by atoms with E-state index in [4.69, 9.17) is 0 Å². The van der Waals surface area contributed by atoms with E-state index < -0.39 is 0 Å². The second kappa shape index (κ2) is 3.75. The van der Waals surface area contributed by atoms with E-state index in [0.717, 1.165) is 22.0 Å². The van der Waals surface area contributed by atoms with Crippen LogP contribution >= 0.6 is 0 Å². The number of H-pyrrole nitrogens is 3. The molecule has 0 aromatic carbocycles. The standard InChI is InChI=1S/C11H10N6/c1-7-2-3-14-15-5-8-10(7)17-11(16-8)9-4-12-6-13-9/h2-6,14-15H,1H2,(H,12,13). The van der Waals surface area contributed by atoms with Crippen LogP contribution in [0.1, 0.15) is 5.69 Å². The highest BCUT2D eigenvalue weighted by molar-refractivity contribution is 6.00. The number of nitrogens with one attached hydrogen (secondary N) is 3. The van der Waals surface area contributed by atoms with Crippen LogP contribution in [-0.4, -0.2) is 26.0 Å². The predicted octanol–water partition coefficient (Wildman–Crippen LogP) is 0.312. The summed E-state index contributed by atoms with van der Waals surface area (Å²) in [6.45, 7) is 3.95. The largest absolute Gasteiger partial charge is 0.342 e. The van der Waals surface area contributed by atoms with Crippen molar-refractivity contribution in [3.63, 3.8) is 0 Å². The van der Waals surface area contributed by atoms with Crippen molar-refractivity contribution in [3.8, 4) is 0 Å². The summed E-state index contributed by atoms with van der Waals surface area (Å²) in [7, 11) is 0. The average molecular weight is 226 g/mol. The van der Waals surface area contributed by atoms with Gasteiger partial charge in [-0.15, -0.1) is 0 Å². The molecule has 1 aliphatic heterocycles. The Labute approximate surface area is 96.2 Å². The summed E-state index contributed by atoms with van der Waals surface area (Å²) >= 11 is 0. The number of fused-ring (bicyclic) bond motifs is 1. The lowest BCUT2D eigenvalue weighted by Crippen LogP contribution is -2.21. The van der Waals surface area contributed by atoms with Crippen LogP contribution in [0.4, 0.5) is 5.69 Å². The Hall–Kier alpha value is -2.63. The van der Waals surface area contributed by atoms with E-state index in [2.05, 4.69) is 36.7 Å². The molecule has 6 heteroatoms. The number of aromatic nitrogens is 4. The van der Waals surface area contributed by atoms with Gasteiger partial charge in [-0.1, -0.05) is 6.58 Å². The van der Waals surface area contributed by atoms with Crippen molar-refractivity contribution < 1.29 is 0 Å². The van der Waals surface area contributed by atoms with Gasteiger partial charge in [-0.2, -0.15) is 0 Å². The van der Waals surface area contributed by atoms with Crippen molar-refractivity contribution >= 4 is 18.1 Å². The van der Waals surface area contributed by atoms with Gasteiger partial charge in [-0.3, -0.25) is 0 Å². The third kappa shape index (κ3) is 1.65. The van der Waals surface area contributed by atoms with Crippen LogP contribution < -0.4 is 10.6 Å². The van der Waals surface area contributed by atoms with E-state index in [1.807, 2.05) is 6.07 Å². The molecule has 0 saturated heterocycles. The molecular weight excluding hydrogens is 216 g/mol. The maximum Gasteiger partial charge on any atom is 0.178 e. The number of imidazole rings is 1. The highest BCUT2D eigenvalue weighted by atomic mass is 15.1. The molecule has 84 valence electrons. The predicted molar refractivity (Wildman–Crippen MR) is 63.9 cm³/mol. The van der Waals surface area contributed by atoms with Crippen molar-refractivity contribution in [2.75, 3.05) is 0 Å². The van der Waals surface area contributed by atoms with E-state index in [1.165, 1.54) is 0 Å². The summed E-state index contributed by atoms with van der Waals surface area (Å²) in [6.07, 6.45) is 6.79. The molecule has 0 aliphatic carbocycles. The molecule has 3 N–H and O–H groups in total. The summed E-state index contributed by atoms with van der Waals surface area (Å²) in [4.78, 5) is 15.8. The van der Waals surface area contributed by atoms with Crippen LogP contribution in [0.3, 0.4) is 0 Å². The lowest BCUT2D eigenvalue weighted by molar-refractivity contribution is 1.04. The van der Waals surface area contributed by atoms with Gasteiger partial charge < -0.3 is 15.2 Å². The van der Waals surface area contributed by atoms with Crippen LogP contribution in [0.5, 0.6) is 0 Å². The Morgan fingerprint density at radius 3 is 2.94 bits per heavy atom. The fourth-order valence-corrected chi connectivity index (χ4v) is 1.57. The maximum atomic E-state index is 4.44. The lowest BCUT2D eigenvalue weighted by Gasteiger charge is -1.88. The Morgan fingerprint density at radius 2 is 2.12 bits per heavy atom. The first-order valence-electron chi connectivity index (χ1n) is 5.08. The highest BCUT2D eigenvalue weighted by Gasteiger charge is 2.10. The first-order chi connectivity index (χ1) is 8.34. The van der Waals surface area contributed by atoms with Gasteiger partial charge in [0.05, 0.1) is 17.9 Å². The molecular formula is C11H10N6. The molecule has 17 heavy (non-hydrogen) atoms. The molecule has 0 radical (unpaired) electrons. The Kier molecular flexibility index (Phi) is 2.11. The Bertz CT molecular complexity index is 714. The van der Waals surface area contributed by atoms with Crippen LogP contribution in [0.2, 0.25) is 0 Å². The van der Waals surface area contributed by atoms with E-state index in [-0.39, 0.29) is 0 Å². The molecule has 3 rings (SSSR count). The highest BCUT2D eigenvalue weighted by Crippen LogP contribution is 2.09. The first kappa shape index (κ1) is 9.59. The lowest BCUT2D eigenvalue weighted by atomic mass is 10.3. The smallest absolute Gasteiger partial charge is 0.178 e. The monoisotopic (exact) mass is 226 g/mol. The quantitative estimate of drug-likeness (QED) is 0.642. The van der Waals surface area contributed by atoms with Gasteiger partial charge in [0, 0.05) is 12.4 Å². The molecule has 0 spiro atoms. The van der Waals surface area contributed by atoms with Crippen molar-refractivity contribution in [2.45, 2.75) is 0 Å². The summed E-state index contributed by atoms with van der Waals surface area (Å²) < 4.78 is 0. The third-order valence-corrected chi connectivity index (χ3v) is 2.39. The number of amidine groups is 1. The zero-order valence-electron chi connectivity index (χ0n) is 8.94. The Balaban J connectivity index is 2.26. The van der Waals surface area contributed by atoms with Crippen LogP contribution in [0, 0.1) is 0 Å². The van der Waals surface area contributed by atoms with Crippen molar-refractivity contribution in [1.82, 2.24) is 20.2 Å². The normalized spacial score (nSPS) is 12.6. The SMILES string of the molecule is C=c1cc[nH][nH]cc2c1=NC(c1cnc[nH]1)=N2. The first-order valence-corrected chi connectivity index (χ1v) is 5.08. The number of hydrogen-bond acceptors (Lipinski definition) is 3. The van der Waals surface area contributed by atoms with Crippen molar-refractivity contribution in [1.29, 1.82) is 0 Å². The number of rotatable bonds is 1. The molecule has 0 amide bonds. The molecule has 2 aromatic heterocycles. The number of nitrogens with zero attached hydrogens (tertiary/aromatic N) is 3. The second-order valence-corrected chi connectivity index (χ2v) is 3.54. The van der Waals surface area contributed by atoms with Crippen molar-refractivity contribution in [2.24, 2.45) is 9.98 Å². The Morgan fingerprint density at radius 1 is 1.18 bits per heavy atom. The van der Waals surface area contributed by atoms with Gasteiger partial charge in [0.15, 0.2) is 5.84 Å². The third-order valence-electron chi connectivity index (χ3n) is 2.39. The minimum absolute atomic E-state index is 0.613. The zero-order valence-corrected chi connectivity index (χ0v) is 8.94. The van der Waals surface area contributed by atoms with Gasteiger partial charge in [-0.25, -0.2) is 15.0 Å². The van der Waals surface area contributed by atoms with Gasteiger partial charge >= 0.3 is 0 Å². The molecule has 6 nitrogen and oxygen atoms in total. The molecule has 0 bridgehead atoms. The summed E-state index contributed by atoms with van der Waals surface area (Å²) in [5, 5.41) is 7.33. The van der Waals surface area contributed by atoms with Gasteiger partial charge in [0.1, 0.15) is 11.4 Å².